The number of nitrogens with two attached hydrogens (primary N) is 1. The molecule has 0 amide bonds. The highest BCUT2D eigenvalue weighted by Gasteiger charge is 2.33. The van der Waals surface area contributed by atoms with Gasteiger partial charge in [0.2, 0.25) is 0 Å². The van der Waals surface area contributed by atoms with Crippen LogP contribution < -0.4 is 10.5 Å². The van der Waals surface area contributed by atoms with Crippen molar-refractivity contribution in [2.24, 2.45) is 0 Å². The van der Waals surface area contributed by atoms with Gasteiger partial charge in [0.05, 0.1) is 17.8 Å². The monoisotopic (exact) mass is 268 g/mol. The minimum absolute atomic E-state index is 0.151. The molecule has 1 aromatic heterocycles. The lowest BCUT2D eigenvalue weighted by Crippen LogP contribution is -2.20. The van der Waals surface area contributed by atoms with Crippen LogP contribution in [0.1, 0.15) is 11.4 Å². The Morgan fingerprint density at radius 2 is 2.11 bits per heavy atom. The molecule has 9 heteroatoms. The predicted molar refractivity (Wildman–Crippen MR) is 51.5 cm³/mol. The SMILES string of the molecule is Nc1cc(CC(=O)O)nc(CF)c1OC(F)(F)F. The first kappa shape index (κ1) is 14.0. The zero-order valence-corrected chi connectivity index (χ0v) is 8.79. The first-order valence-electron chi connectivity index (χ1n) is 4.54. The Bertz CT molecular complexity index is 462. The summed E-state index contributed by atoms with van der Waals surface area (Å²) in [5.74, 6) is -2.21. The molecular formula is C9H8F4N2O3. The quantitative estimate of drug-likeness (QED) is 0.811. The van der Waals surface area contributed by atoms with E-state index in [0.29, 0.717) is 0 Å². The molecule has 100 valence electrons. The highest BCUT2D eigenvalue weighted by atomic mass is 19.4. The van der Waals surface area contributed by atoms with Crippen molar-refractivity contribution < 1.29 is 32.2 Å². The van der Waals surface area contributed by atoms with E-state index in [4.69, 9.17) is 10.8 Å². The predicted octanol–water partition coefficient (Wildman–Crippen LogP) is 1.66. The number of carboxylic acid groups (broad SMARTS) is 1. The highest BCUT2D eigenvalue weighted by molar-refractivity contribution is 5.70. The summed E-state index contributed by atoms with van der Waals surface area (Å²) in [6.07, 6.45) is -5.61. The van der Waals surface area contributed by atoms with Gasteiger partial charge >= 0.3 is 12.3 Å². The molecule has 0 aliphatic rings. The largest absolute Gasteiger partial charge is 0.573 e. The zero-order chi connectivity index (χ0) is 13.9. The van der Waals surface area contributed by atoms with Gasteiger partial charge in [0, 0.05) is 0 Å². The molecule has 0 bridgehead atoms. The van der Waals surface area contributed by atoms with Crippen molar-refractivity contribution in [2.75, 3.05) is 5.73 Å². The van der Waals surface area contributed by atoms with Crippen molar-refractivity contribution in [3.63, 3.8) is 0 Å². The molecule has 0 saturated heterocycles. The molecule has 0 saturated carbocycles. The number of carboxylic acids is 1. The zero-order valence-electron chi connectivity index (χ0n) is 8.79. The van der Waals surface area contributed by atoms with E-state index in [1.807, 2.05) is 0 Å². The van der Waals surface area contributed by atoms with E-state index in [2.05, 4.69) is 9.72 Å². The molecular weight excluding hydrogens is 260 g/mol. The average Bonchev–Trinajstić information content (AvgIpc) is 2.19. The normalized spacial score (nSPS) is 11.3. The minimum Gasteiger partial charge on any atom is -0.481 e. The third-order valence-electron chi connectivity index (χ3n) is 1.80. The van der Waals surface area contributed by atoms with Gasteiger partial charge in [0.1, 0.15) is 12.4 Å². The Morgan fingerprint density at radius 3 is 2.56 bits per heavy atom. The Labute approximate surface area is 98.2 Å². The molecule has 0 aliphatic carbocycles. The number of anilines is 1. The number of halogens is 4. The van der Waals surface area contributed by atoms with Crippen LogP contribution in [0.4, 0.5) is 23.2 Å². The van der Waals surface area contributed by atoms with Crippen LogP contribution >= 0.6 is 0 Å². The van der Waals surface area contributed by atoms with E-state index in [-0.39, 0.29) is 5.69 Å². The molecule has 1 heterocycles. The second-order valence-electron chi connectivity index (χ2n) is 3.23. The van der Waals surface area contributed by atoms with Gasteiger partial charge in [-0.25, -0.2) is 4.39 Å². The molecule has 0 radical (unpaired) electrons. The van der Waals surface area contributed by atoms with E-state index in [1.165, 1.54) is 0 Å². The smallest absolute Gasteiger partial charge is 0.481 e. The summed E-state index contributed by atoms with van der Waals surface area (Å²) in [6.45, 7) is -1.36. The summed E-state index contributed by atoms with van der Waals surface area (Å²) in [6, 6.07) is 0.897. The number of nitrogens with zero attached hydrogens (tertiary/aromatic N) is 1. The number of hydrogen-bond acceptors (Lipinski definition) is 4. The molecule has 0 fully saturated rings. The number of aromatic nitrogens is 1. The van der Waals surface area contributed by atoms with Gasteiger partial charge in [0.15, 0.2) is 5.75 Å². The Kier molecular flexibility index (Phi) is 3.94. The average molecular weight is 268 g/mol. The number of pyridine rings is 1. The molecule has 18 heavy (non-hydrogen) atoms. The third kappa shape index (κ3) is 3.75. The van der Waals surface area contributed by atoms with Crippen LogP contribution in [0, 0.1) is 0 Å². The van der Waals surface area contributed by atoms with Gasteiger partial charge < -0.3 is 15.6 Å². The topological polar surface area (TPSA) is 85.4 Å². The van der Waals surface area contributed by atoms with Crippen LogP contribution in [0.3, 0.4) is 0 Å². The summed E-state index contributed by atoms with van der Waals surface area (Å²) < 4.78 is 52.2. The van der Waals surface area contributed by atoms with E-state index in [9.17, 15) is 22.4 Å². The first-order chi connectivity index (χ1) is 8.23. The fraction of sp³-hybridized carbons (Fsp3) is 0.333. The van der Waals surface area contributed by atoms with Crippen molar-refractivity contribution in [2.45, 2.75) is 19.5 Å². The second kappa shape index (κ2) is 5.07. The van der Waals surface area contributed by atoms with Gasteiger partial charge in [0.25, 0.3) is 0 Å². The number of hydrogen-bond donors (Lipinski definition) is 2. The van der Waals surface area contributed by atoms with Crippen LogP contribution in [-0.4, -0.2) is 22.4 Å². The number of carbonyl (C=O) groups is 1. The molecule has 1 aromatic rings. The Balaban J connectivity index is 3.15. The number of ether oxygens (including phenoxy) is 1. The van der Waals surface area contributed by atoms with Gasteiger partial charge in [-0.3, -0.25) is 9.78 Å². The molecule has 0 aromatic carbocycles. The Hall–Kier alpha value is -2.06. The van der Waals surface area contributed by atoms with Crippen LogP contribution in [0.5, 0.6) is 5.75 Å². The summed E-state index contributed by atoms with van der Waals surface area (Å²) >= 11 is 0. The summed E-state index contributed by atoms with van der Waals surface area (Å²) in [7, 11) is 0. The molecule has 0 aliphatic heterocycles. The highest BCUT2D eigenvalue weighted by Crippen LogP contribution is 2.32. The maximum absolute atomic E-state index is 12.5. The Morgan fingerprint density at radius 1 is 1.50 bits per heavy atom. The molecule has 3 N–H and O–H groups in total. The lowest BCUT2D eigenvalue weighted by molar-refractivity contribution is -0.274. The number of alkyl halides is 4. The van der Waals surface area contributed by atoms with E-state index in [1.54, 1.807) is 0 Å². The lowest BCUT2D eigenvalue weighted by Gasteiger charge is -2.14. The van der Waals surface area contributed by atoms with Crippen molar-refractivity contribution in [3.05, 3.63) is 17.5 Å². The van der Waals surface area contributed by atoms with Crippen molar-refractivity contribution in [1.29, 1.82) is 0 Å². The summed E-state index contributed by atoms with van der Waals surface area (Å²) in [5.41, 5.74) is 3.89. The van der Waals surface area contributed by atoms with Crippen LogP contribution in [-0.2, 0) is 17.9 Å². The molecule has 0 unspecified atom stereocenters. The third-order valence-corrected chi connectivity index (χ3v) is 1.80. The fourth-order valence-corrected chi connectivity index (χ4v) is 1.24. The number of aliphatic carboxylic acids is 1. The van der Waals surface area contributed by atoms with E-state index in [0.717, 1.165) is 6.07 Å². The van der Waals surface area contributed by atoms with Crippen molar-refractivity contribution >= 4 is 11.7 Å². The molecule has 5 nitrogen and oxygen atoms in total. The lowest BCUT2D eigenvalue weighted by atomic mass is 10.2. The van der Waals surface area contributed by atoms with Gasteiger partial charge in [-0.1, -0.05) is 0 Å². The first-order valence-corrected chi connectivity index (χ1v) is 4.54. The maximum Gasteiger partial charge on any atom is 0.573 e. The number of nitrogen functional groups attached to an aromatic ring is 1. The van der Waals surface area contributed by atoms with Gasteiger partial charge in [-0.15, -0.1) is 13.2 Å². The van der Waals surface area contributed by atoms with Crippen molar-refractivity contribution in [3.8, 4) is 5.75 Å². The molecule has 0 spiro atoms. The minimum atomic E-state index is -5.03. The molecule has 0 atom stereocenters. The van der Waals surface area contributed by atoms with Crippen LogP contribution in [0.25, 0.3) is 0 Å². The van der Waals surface area contributed by atoms with Crippen LogP contribution in [0.15, 0.2) is 6.07 Å². The summed E-state index contributed by atoms with van der Waals surface area (Å²) in [5, 5.41) is 8.49. The van der Waals surface area contributed by atoms with Crippen molar-refractivity contribution in [1.82, 2.24) is 4.98 Å². The van der Waals surface area contributed by atoms with Crippen LogP contribution in [0.2, 0.25) is 0 Å². The summed E-state index contributed by atoms with van der Waals surface area (Å²) in [4.78, 5) is 13.8. The number of rotatable bonds is 4. The maximum atomic E-state index is 12.5. The van der Waals surface area contributed by atoms with E-state index < -0.39 is 42.6 Å². The molecule has 1 rings (SSSR count). The van der Waals surface area contributed by atoms with Gasteiger partial charge in [-0.2, -0.15) is 0 Å². The van der Waals surface area contributed by atoms with E-state index >= 15 is 0 Å². The fourth-order valence-electron chi connectivity index (χ4n) is 1.24. The standard InChI is InChI=1S/C9H8F4N2O3/c10-3-6-8(18-9(11,12)13)5(14)1-4(15-6)2-7(16)17/h1H,2-3H2,(H2,14,15)(H,16,17). The second-order valence-corrected chi connectivity index (χ2v) is 3.23. The van der Waals surface area contributed by atoms with Gasteiger partial charge in [-0.05, 0) is 6.07 Å².